The molecule has 3 heteroatoms. The molecule has 1 N–H and O–H groups in total. The lowest BCUT2D eigenvalue weighted by atomic mass is 10.0. The molecule has 1 aliphatic rings. The number of aromatic nitrogens is 1. The summed E-state index contributed by atoms with van der Waals surface area (Å²) in [4.78, 5) is 4.88. The van der Waals surface area contributed by atoms with E-state index >= 15 is 0 Å². The van der Waals surface area contributed by atoms with Crippen molar-refractivity contribution < 1.29 is 0 Å². The summed E-state index contributed by atoms with van der Waals surface area (Å²) in [5.74, 6) is 0. The molecule has 1 aliphatic carbocycles. The van der Waals surface area contributed by atoms with Gasteiger partial charge in [-0.05, 0) is 72.0 Å². The molecule has 0 saturated carbocycles. The van der Waals surface area contributed by atoms with E-state index in [-0.39, 0.29) is 0 Å². The molecule has 18 heavy (non-hydrogen) atoms. The molecule has 1 heterocycles. The van der Waals surface area contributed by atoms with Crippen molar-refractivity contribution in [2.75, 3.05) is 12.4 Å². The second kappa shape index (κ2) is 5.03. The number of pyridine rings is 1. The molecule has 0 saturated heterocycles. The Kier molecular flexibility index (Phi) is 3.41. The van der Waals surface area contributed by atoms with Crippen LogP contribution in [0.15, 0.2) is 18.2 Å². The molecule has 1 aromatic carbocycles. The Morgan fingerprint density at radius 3 is 2.83 bits per heavy atom. The molecule has 2 aromatic rings. The fraction of sp³-hybridized carbons (Fsp3) is 0.400. The summed E-state index contributed by atoms with van der Waals surface area (Å²) >= 11 is 2.37. The van der Waals surface area contributed by atoms with Gasteiger partial charge in [-0.2, -0.15) is 0 Å². The van der Waals surface area contributed by atoms with Crippen LogP contribution in [0.3, 0.4) is 0 Å². The number of hydrogen-bond acceptors (Lipinski definition) is 2. The summed E-state index contributed by atoms with van der Waals surface area (Å²) in [7, 11) is 2.03. The molecule has 0 aliphatic heterocycles. The lowest BCUT2D eigenvalue weighted by Gasteiger charge is -2.15. The van der Waals surface area contributed by atoms with E-state index in [1.165, 1.54) is 51.6 Å². The van der Waals surface area contributed by atoms with Crippen LogP contribution < -0.4 is 5.32 Å². The van der Waals surface area contributed by atoms with Gasteiger partial charge in [0.05, 0.1) is 5.52 Å². The molecule has 0 fully saturated rings. The van der Waals surface area contributed by atoms with Crippen molar-refractivity contribution in [1.29, 1.82) is 0 Å². The highest BCUT2D eigenvalue weighted by molar-refractivity contribution is 14.1. The number of aryl methyl sites for hydroxylation is 1. The predicted octanol–water partition coefficient (Wildman–Crippen LogP) is 4.15. The number of nitrogens with zero attached hydrogens (tertiary/aromatic N) is 1. The van der Waals surface area contributed by atoms with Gasteiger partial charge in [-0.15, -0.1) is 0 Å². The molecule has 0 radical (unpaired) electrons. The Morgan fingerprint density at radius 1 is 1.17 bits per heavy atom. The first-order valence-electron chi connectivity index (χ1n) is 6.58. The molecule has 0 bridgehead atoms. The zero-order valence-electron chi connectivity index (χ0n) is 10.6. The molecule has 0 amide bonds. The average Bonchev–Trinajstić information content (AvgIpc) is 2.61. The van der Waals surface area contributed by atoms with E-state index in [9.17, 15) is 0 Å². The predicted molar refractivity (Wildman–Crippen MR) is 85.3 cm³/mol. The van der Waals surface area contributed by atoms with Gasteiger partial charge < -0.3 is 5.32 Å². The van der Waals surface area contributed by atoms with Gasteiger partial charge in [-0.1, -0.05) is 6.42 Å². The smallest absolute Gasteiger partial charge is 0.0727 e. The molecule has 2 nitrogen and oxygen atoms in total. The van der Waals surface area contributed by atoms with E-state index < -0.39 is 0 Å². The van der Waals surface area contributed by atoms with Crippen molar-refractivity contribution in [3.8, 4) is 0 Å². The molecular weight excluding hydrogens is 335 g/mol. The van der Waals surface area contributed by atoms with Crippen LogP contribution in [0.2, 0.25) is 0 Å². The van der Waals surface area contributed by atoms with E-state index in [4.69, 9.17) is 4.98 Å². The Labute approximate surface area is 121 Å². The van der Waals surface area contributed by atoms with Crippen molar-refractivity contribution in [2.24, 2.45) is 0 Å². The zero-order valence-corrected chi connectivity index (χ0v) is 12.8. The Morgan fingerprint density at radius 2 is 2.00 bits per heavy atom. The number of halogens is 1. The first-order chi connectivity index (χ1) is 8.79. The van der Waals surface area contributed by atoms with Crippen LogP contribution in [0.25, 0.3) is 10.9 Å². The van der Waals surface area contributed by atoms with E-state index in [1.54, 1.807) is 0 Å². The lowest BCUT2D eigenvalue weighted by Crippen LogP contribution is -2.03. The van der Waals surface area contributed by atoms with E-state index in [0.717, 1.165) is 11.9 Å². The molecular formula is C15H17IN2. The molecule has 3 rings (SSSR count). The number of rotatable bonds is 1. The lowest BCUT2D eigenvalue weighted by molar-refractivity contribution is 0.709. The van der Waals surface area contributed by atoms with Crippen LogP contribution >= 0.6 is 22.6 Å². The maximum Gasteiger partial charge on any atom is 0.0727 e. The van der Waals surface area contributed by atoms with Crippen LogP contribution in [-0.4, -0.2) is 12.0 Å². The first-order valence-corrected chi connectivity index (χ1v) is 7.66. The zero-order chi connectivity index (χ0) is 12.5. The number of fused-ring (bicyclic) bond motifs is 2. The van der Waals surface area contributed by atoms with Gasteiger partial charge in [0.15, 0.2) is 0 Å². The Hall–Kier alpha value is -0.840. The molecule has 0 unspecified atom stereocenters. The van der Waals surface area contributed by atoms with Gasteiger partial charge in [-0.3, -0.25) is 4.98 Å². The van der Waals surface area contributed by atoms with E-state index in [2.05, 4.69) is 46.1 Å². The fourth-order valence-corrected chi connectivity index (χ4v) is 3.35. The second-order valence-corrected chi connectivity index (χ2v) is 6.13. The minimum absolute atomic E-state index is 1.13. The molecule has 94 valence electrons. The van der Waals surface area contributed by atoms with E-state index in [1.807, 2.05) is 7.05 Å². The number of nitrogens with one attached hydrogen (secondary N) is 1. The Balaban J connectivity index is 2.31. The van der Waals surface area contributed by atoms with Gasteiger partial charge >= 0.3 is 0 Å². The van der Waals surface area contributed by atoms with Crippen molar-refractivity contribution in [3.63, 3.8) is 0 Å². The van der Waals surface area contributed by atoms with Gasteiger partial charge in [-0.25, -0.2) is 0 Å². The van der Waals surface area contributed by atoms with Crippen LogP contribution in [0.5, 0.6) is 0 Å². The number of anilines is 1. The van der Waals surface area contributed by atoms with Crippen LogP contribution in [0.1, 0.15) is 30.5 Å². The quantitative estimate of drug-likeness (QED) is 0.616. The third kappa shape index (κ3) is 2.09. The van der Waals surface area contributed by atoms with Crippen molar-refractivity contribution in [1.82, 2.24) is 4.98 Å². The summed E-state index contributed by atoms with van der Waals surface area (Å²) in [5.41, 5.74) is 5.19. The summed E-state index contributed by atoms with van der Waals surface area (Å²) in [6, 6.07) is 6.52. The summed E-state index contributed by atoms with van der Waals surface area (Å²) in [6.45, 7) is 0. The van der Waals surface area contributed by atoms with Crippen LogP contribution in [-0.2, 0) is 12.8 Å². The maximum atomic E-state index is 4.88. The van der Waals surface area contributed by atoms with Gasteiger partial charge in [0, 0.05) is 27.4 Å². The molecule has 0 spiro atoms. The highest BCUT2D eigenvalue weighted by Gasteiger charge is 2.16. The summed E-state index contributed by atoms with van der Waals surface area (Å²) < 4.78 is 1.27. The minimum atomic E-state index is 1.13. The second-order valence-electron chi connectivity index (χ2n) is 4.88. The summed E-state index contributed by atoms with van der Waals surface area (Å²) in [5, 5.41) is 4.68. The largest absolute Gasteiger partial charge is 0.387 e. The maximum absolute atomic E-state index is 4.88. The highest BCUT2D eigenvalue weighted by atomic mass is 127. The summed E-state index contributed by atoms with van der Waals surface area (Å²) in [6.07, 6.45) is 6.19. The normalized spacial score (nSPS) is 15.2. The highest BCUT2D eigenvalue weighted by Crippen LogP contribution is 2.33. The van der Waals surface area contributed by atoms with Crippen molar-refractivity contribution >= 4 is 39.2 Å². The van der Waals surface area contributed by atoms with Gasteiger partial charge in [0.1, 0.15) is 0 Å². The monoisotopic (exact) mass is 352 g/mol. The SMILES string of the molecule is CNc1c2c(nc3ccc(I)cc13)CCCCC2. The topological polar surface area (TPSA) is 24.9 Å². The van der Waals surface area contributed by atoms with Crippen molar-refractivity contribution in [3.05, 3.63) is 33.0 Å². The number of hydrogen-bond donors (Lipinski definition) is 1. The van der Waals surface area contributed by atoms with Gasteiger partial charge in [0.2, 0.25) is 0 Å². The first kappa shape index (κ1) is 12.2. The molecule has 0 atom stereocenters. The van der Waals surface area contributed by atoms with Crippen LogP contribution in [0.4, 0.5) is 5.69 Å². The van der Waals surface area contributed by atoms with Gasteiger partial charge in [0.25, 0.3) is 0 Å². The number of benzene rings is 1. The van der Waals surface area contributed by atoms with Crippen LogP contribution in [0, 0.1) is 3.57 Å². The van der Waals surface area contributed by atoms with Crippen molar-refractivity contribution in [2.45, 2.75) is 32.1 Å². The van der Waals surface area contributed by atoms with E-state index in [0.29, 0.717) is 0 Å². The third-order valence-electron chi connectivity index (χ3n) is 3.72. The third-order valence-corrected chi connectivity index (χ3v) is 4.39. The Bertz CT molecular complexity index is 593. The molecule has 1 aromatic heterocycles. The standard InChI is InChI=1S/C15H17IN2/c1-17-15-11-5-3-2-4-6-13(11)18-14-8-7-10(16)9-12(14)15/h7-9H,2-6H2,1H3,(H,17,18). The fourth-order valence-electron chi connectivity index (χ4n) is 2.86. The minimum Gasteiger partial charge on any atom is -0.387 e. The average molecular weight is 352 g/mol.